The predicted octanol–water partition coefficient (Wildman–Crippen LogP) is 5.63. The highest BCUT2D eigenvalue weighted by atomic mass is 32.2. The van der Waals surface area contributed by atoms with Crippen molar-refractivity contribution in [2.75, 3.05) is 0 Å². The molecular weight excluding hydrogens is 336 g/mol. The van der Waals surface area contributed by atoms with Gasteiger partial charge in [0.25, 0.3) is 10.1 Å². The van der Waals surface area contributed by atoms with Gasteiger partial charge in [-0.15, -0.1) is 0 Å². The molecule has 0 fully saturated rings. The SMILES string of the molecule is CCCCCCCCc1ccc(Oc2ccccc2)c(S(=O)(=O)O)c1. The molecule has 0 bridgehead atoms. The van der Waals surface area contributed by atoms with E-state index in [2.05, 4.69) is 6.92 Å². The average Bonchev–Trinajstić information content (AvgIpc) is 2.59. The first-order valence-electron chi connectivity index (χ1n) is 8.84. The average molecular weight is 362 g/mol. The Kier molecular flexibility index (Phi) is 7.47. The summed E-state index contributed by atoms with van der Waals surface area (Å²) in [6, 6.07) is 13.9. The molecule has 0 heterocycles. The Morgan fingerprint density at radius 2 is 1.60 bits per heavy atom. The standard InChI is InChI=1S/C20H26O4S/c1-2-3-4-5-6-8-11-17-14-15-19(20(16-17)25(21,22)23)24-18-12-9-7-10-13-18/h7,9-10,12-16H,2-6,8,11H2,1H3,(H,21,22,23). The van der Waals surface area contributed by atoms with Gasteiger partial charge in [0, 0.05) is 0 Å². The Hall–Kier alpha value is -1.85. The molecule has 0 aliphatic rings. The fraction of sp³-hybridized carbons (Fsp3) is 0.400. The molecule has 25 heavy (non-hydrogen) atoms. The Bertz CT molecular complexity index is 755. The van der Waals surface area contributed by atoms with Gasteiger partial charge in [0.05, 0.1) is 0 Å². The molecule has 0 amide bonds. The van der Waals surface area contributed by atoms with Crippen molar-refractivity contribution in [2.24, 2.45) is 0 Å². The minimum atomic E-state index is -4.34. The topological polar surface area (TPSA) is 63.6 Å². The molecule has 136 valence electrons. The number of ether oxygens (including phenoxy) is 1. The van der Waals surface area contributed by atoms with Gasteiger partial charge in [-0.1, -0.05) is 63.3 Å². The molecule has 0 unspecified atom stereocenters. The molecule has 0 radical (unpaired) electrons. The van der Waals surface area contributed by atoms with E-state index in [4.69, 9.17) is 4.74 Å². The van der Waals surface area contributed by atoms with E-state index in [-0.39, 0.29) is 10.6 Å². The summed E-state index contributed by atoms with van der Waals surface area (Å²) in [5.41, 5.74) is 0.892. The molecular formula is C20H26O4S. The van der Waals surface area contributed by atoms with Crippen molar-refractivity contribution in [3.8, 4) is 11.5 Å². The van der Waals surface area contributed by atoms with Crippen molar-refractivity contribution >= 4 is 10.1 Å². The van der Waals surface area contributed by atoms with Crippen LogP contribution in [0.3, 0.4) is 0 Å². The van der Waals surface area contributed by atoms with Gasteiger partial charge in [0.15, 0.2) is 0 Å². The van der Waals surface area contributed by atoms with Crippen LogP contribution in [0.5, 0.6) is 11.5 Å². The second-order valence-corrected chi connectivity index (χ2v) is 7.58. The van der Waals surface area contributed by atoms with Gasteiger partial charge in [0.2, 0.25) is 0 Å². The van der Waals surface area contributed by atoms with E-state index < -0.39 is 10.1 Å². The van der Waals surface area contributed by atoms with Gasteiger partial charge in [-0.25, -0.2) is 0 Å². The van der Waals surface area contributed by atoms with Crippen molar-refractivity contribution in [2.45, 2.75) is 56.8 Å². The van der Waals surface area contributed by atoms with Crippen molar-refractivity contribution in [1.29, 1.82) is 0 Å². The van der Waals surface area contributed by atoms with Crippen LogP contribution in [0.1, 0.15) is 51.0 Å². The summed E-state index contributed by atoms with van der Waals surface area (Å²) in [6.07, 6.45) is 7.86. The van der Waals surface area contributed by atoms with Crippen LogP contribution in [0.25, 0.3) is 0 Å². The molecule has 0 aliphatic heterocycles. The van der Waals surface area contributed by atoms with Gasteiger partial charge in [-0.05, 0) is 42.7 Å². The maximum Gasteiger partial charge on any atom is 0.298 e. The zero-order valence-corrected chi connectivity index (χ0v) is 15.5. The number of hydrogen-bond acceptors (Lipinski definition) is 3. The highest BCUT2D eigenvalue weighted by Gasteiger charge is 2.18. The fourth-order valence-corrected chi connectivity index (χ4v) is 3.38. The third-order valence-corrected chi connectivity index (χ3v) is 4.95. The van der Waals surface area contributed by atoms with E-state index in [0.29, 0.717) is 5.75 Å². The summed E-state index contributed by atoms with van der Waals surface area (Å²) in [6.45, 7) is 2.19. The van der Waals surface area contributed by atoms with Crippen molar-refractivity contribution in [3.05, 3.63) is 54.1 Å². The molecule has 0 aromatic heterocycles. The largest absolute Gasteiger partial charge is 0.456 e. The van der Waals surface area contributed by atoms with Crippen LogP contribution in [-0.2, 0) is 16.5 Å². The first-order valence-corrected chi connectivity index (χ1v) is 10.3. The zero-order chi connectivity index (χ0) is 18.1. The smallest absolute Gasteiger partial charge is 0.298 e. The molecule has 0 saturated heterocycles. The summed E-state index contributed by atoms with van der Waals surface area (Å²) < 4.78 is 38.6. The van der Waals surface area contributed by atoms with E-state index in [9.17, 15) is 13.0 Å². The molecule has 0 aliphatic carbocycles. The number of rotatable bonds is 10. The molecule has 2 aromatic rings. The Morgan fingerprint density at radius 3 is 2.28 bits per heavy atom. The van der Waals surface area contributed by atoms with Crippen LogP contribution < -0.4 is 4.74 Å². The molecule has 2 rings (SSSR count). The summed E-state index contributed by atoms with van der Waals surface area (Å²) in [7, 11) is -4.34. The van der Waals surface area contributed by atoms with Gasteiger partial charge < -0.3 is 4.74 Å². The number of para-hydroxylation sites is 1. The molecule has 4 nitrogen and oxygen atoms in total. The van der Waals surface area contributed by atoms with Gasteiger partial charge in [0.1, 0.15) is 16.4 Å². The van der Waals surface area contributed by atoms with Gasteiger partial charge in [-0.2, -0.15) is 8.42 Å². The first kappa shape index (κ1) is 19.5. The maximum absolute atomic E-state index is 11.7. The highest BCUT2D eigenvalue weighted by molar-refractivity contribution is 7.86. The molecule has 2 aromatic carbocycles. The van der Waals surface area contributed by atoms with E-state index in [0.717, 1.165) is 24.8 Å². The summed E-state index contributed by atoms with van der Waals surface area (Å²) >= 11 is 0. The number of aryl methyl sites for hydroxylation is 1. The lowest BCUT2D eigenvalue weighted by Gasteiger charge is -2.11. The highest BCUT2D eigenvalue weighted by Crippen LogP contribution is 2.30. The van der Waals surface area contributed by atoms with Gasteiger partial charge in [-0.3, -0.25) is 4.55 Å². The monoisotopic (exact) mass is 362 g/mol. The first-order chi connectivity index (χ1) is 12.0. The van der Waals surface area contributed by atoms with Crippen molar-refractivity contribution in [3.63, 3.8) is 0 Å². The molecule has 0 saturated carbocycles. The normalized spacial score (nSPS) is 11.4. The van der Waals surface area contributed by atoms with E-state index in [1.807, 2.05) is 12.1 Å². The second kappa shape index (κ2) is 9.59. The Labute approximate surface area is 150 Å². The summed E-state index contributed by atoms with van der Waals surface area (Å²) in [5, 5.41) is 0. The van der Waals surface area contributed by atoms with E-state index in [1.165, 1.54) is 31.7 Å². The Balaban J connectivity index is 2.06. The van der Waals surface area contributed by atoms with E-state index >= 15 is 0 Å². The maximum atomic E-state index is 11.7. The lowest BCUT2D eigenvalue weighted by atomic mass is 10.0. The molecule has 5 heteroatoms. The minimum Gasteiger partial charge on any atom is -0.456 e. The van der Waals surface area contributed by atoms with Crippen LogP contribution in [-0.4, -0.2) is 13.0 Å². The second-order valence-electron chi connectivity index (χ2n) is 6.19. The van der Waals surface area contributed by atoms with Crippen LogP contribution in [0.4, 0.5) is 0 Å². The van der Waals surface area contributed by atoms with Gasteiger partial charge >= 0.3 is 0 Å². The van der Waals surface area contributed by atoms with Crippen LogP contribution in [0.2, 0.25) is 0 Å². The lowest BCUT2D eigenvalue weighted by Crippen LogP contribution is -2.02. The van der Waals surface area contributed by atoms with Crippen LogP contribution in [0, 0.1) is 0 Å². The zero-order valence-electron chi connectivity index (χ0n) is 14.6. The fourth-order valence-electron chi connectivity index (χ4n) is 2.72. The number of benzene rings is 2. The quantitative estimate of drug-likeness (QED) is 0.439. The molecule has 0 atom stereocenters. The predicted molar refractivity (Wildman–Crippen MR) is 99.9 cm³/mol. The number of unbranched alkanes of at least 4 members (excludes halogenated alkanes) is 5. The van der Waals surface area contributed by atoms with Crippen molar-refractivity contribution in [1.82, 2.24) is 0 Å². The molecule has 1 N–H and O–H groups in total. The van der Waals surface area contributed by atoms with Crippen molar-refractivity contribution < 1.29 is 17.7 Å². The van der Waals surface area contributed by atoms with E-state index in [1.54, 1.807) is 30.3 Å². The third kappa shape index (κ3) is 6.52. The van der Waals surface area contributed by atoms with Crippen LogP contribution >= 0.6 is 0 Å². The summed E-state index contributed by atoms with van der Waals surface area (Å²) in [4.78, 5) is -0.181. The number of hydrogen-bond donors (Lipinski definition) is 1. The van der Waals surface area contributed by atoms with Crippen LogP contribution in [0.15, 0.2) is 53.4 Å². The molecule has 0 spiro atoms. The minimum absolute atomic E-state index is 0.139. The third-order valence-electron chi connectivity index (χ3n) is 4.08. The Morgan fingerprint density at radius 1 is 0.920 bits per heavy atom. The lowest BCUT2D eigenvalue weighted by molar-refractivity contribution is 0.449. The summed E-state index contributed by atoms with van der Waals surface area (Å²) in [5.74, 6) is 0.663.